The fourth-order valence-corrected chi connectivity index (χ4v) is 3.09. The van der Waals surface area contributed by atoms with Crippen LogP contribution in [0, 0.1) is 12.8 Å². The van der Waals surface area contributed by atoms with Gasteiger partial charge in [0, 0.05) is 5.92 Å². The second-order valence-electron chi connectivity index (χ2n) is 5.20. The van der Waals surface area contributed by atoms with E-state index >= 15 is 0 Å². The van der Waals surface area contributed by atoms with Gasteiger partial charge in [-0.15, -0.1) is 0 Å². The lowest BCUT2D eigenvalue weighted by atomic mass is 9.72. The number of hydrogen-bond donors (Lipinski definition) is 0. The van der Waals surface area contributed by atoms with Crippen LogP contribution in [-0.2, 0) is 6.42 Å². The second kappa shape index (κ2) is 3.62. The average Bonchev–Trinajstić information content (AvgIpc) is 2.28. The van der Waals surface area contributed by atoms with E-state index in [1.807, 2.05) is 0 Å². The van der Waals surface area contributed by atoms with Crippen molar-refractivity contribution in [3.05, 3.63) is 58.7 Å². The summed E-state index contributed by atoms with van der Waals surface area (Å²) in [5.41, 5.74) is 5.95. The number of fused-ring (bicyclic) bond motifs is 3. The minimum absolute atomic E-state index is 0.632. The van der Waals surface area contributed by atoms with E-state index in [2.05, 4.69) is 50.3 Å². The molecule has 0 N–H and O–H groups in total. The van der Waals surface area contributed by atoms with Gasteiger partial charge in [0.1, 0.15) is 0 Å². The Morgan fingerprint density at radius 2 is 2.06 bits per heavy atom. The van der Waals surface area contributed by atoms with E-state index < -0.39 is 0 Å². The molecule has 0 aliphatic heterocycles. The fourth-order valence-electron chi connectivity index (χ4n) is 3.09. The summed E-state index contributed by atoms with van der Waals surface area (Å²) in [6, 6.07) is 6.95. The van der Waals surface area contributed by atoms with Gasteiger partial charge >= 0.3 is 0 Å². The molecule has 0 radical (unpaired) electrons. The third-order valence-corrected chi connectivity index (χ3v) is 3.91. The molecule has 3 rings (SSSR count). The lowest BCUT2D eigenvalue weighted by Crippen LogP contribution is -2.19. The molecule has 0 nitrogen and oxygen atoms in total. The van der Waals surface area contributed by atoms with Crippen molar-refractivity contribution in [1.29, 1.82) is 0 Å². The summed E-state index contributed by atoms with van der Waals surface area (Å²) < 4.78 is 0. The third-order valence-electron chi connectivity index (χ3n) is 3.91. The Bertz CT molecular complexity index is 477. The van der Waals surface area contributed by atoms with Crippen molar-refractivity contribution in [2.45, 2.75) is 32.6 Å². The molecular weight excluding hydrogens is 192 g/mol. The highest BCUT2D eigenvalue weighted by Crippen LogP contribution is 2.40. The van der Waals surface area contributed by atoms with Gasteiger partial charge in [-0.3, -0.25) is 0 Å². The Hall–Kier alpha value is -1.30. The highest BCUT2D eigenvalue weighted by molar-refractivity contribution is 5.42. The first kappa shape index (κ1) is 9.89. The number of allylic oxidation sites excluding steroid dienone is 4. The topological polar surface area (TPSA) is 0 Å². The van der Waals surface area contributed by atoms with Gasteiger partial charge in [-0.1, -0.05) is 47.6 Å². The Kier molecular flexibility index (Phi) is 2.24. The van der Waals surface area contributed by atoms with Crippen LogP contribution in [0.25, 0.3) is 0 Å². The van der Waals surface area contributed by atoms with Gasteiger partial charge in [0.15, 0.2) is 0 Å². The maximum absolute atomic E-state index is 2.45. The Morgan fingerprint density at radius 1 is 1.19 bits per heavy atom. The minimum Gasteiger partial charge on any atom is -0.0776 e. The number of hydrogen-bond acceptors (Lipinski definition) is 0. The van der Waals surface area contributed by atoms with Crippen LogP contribution in [-0.4, -0.2) is 0 Å². The first-order valence-electron chi connectivity index (χ1n) is 6.20. The molecule has 0 amide bonds. The predicted octanol–water partition coefficient (Wildman–Crippen LogP) is 4.16. The van der Waals surface area contributed by atoms with E-state index in [1.54, 1.807) is 11.1 Å². The van der Waals surface area contributed by atoms with Crippen molar-refractivity contribution < 1.29 is 0 Å². The predicted molar refractivity (Wildman–Crippen MR) is 68.6 cm³/mol. The Labute approximate surface area is 97.7 Å². The molecule has 0 heteroatoms. The van der Waals surface area contributed by atoms with E-state index in [0.717, 1.165) is 5.92 Å². The molecule has 0 spiro atoms. The molecule has 1 aromatic carbocycles. The molecule has 1 aromatic rings. The first-order valence-corrected chi connectivity index (χ1v) is 6.20. The summed E-state index contributed by atoms with van der Waals surface area (Å²) in [4.78, 5) is 0. The van der Waals surface area contributed by atoms with Crippen LogP contribution in [0.4, 0.5) is 0 Å². The van der Waals surface area contributed by atoms with Crippen LogP contribution in [0.15, 0.2) is 42.0 Å². The number of aryl methyl sites for hydroxylation is 2. The van der Waals surface area contributed by atoms with Crippen molar-refractivity contribution in [1.82, 2.24) is 0 Å². The highest BCUT2D eigenvalue weighted by Gasteiger charge is 2.27. The molecule has 0 saturated heterocycles. The lowest BCUT2D eigenvalue weighted by molar-refractivity contribution is 0.496. The van der Waals surface area contributed by atoms with Gasteiger partial charge in [-0.25, -0.2) is 0 Å². The van der Waals surface area contributed by atoms with E-state index in [1.165, 1.54) is 24.0 Å². The van der Waals surface area contributed by atoms with Gasteiger partial charge < -0.3 is 0 Å². The zero-order valence-electron chi connectivity index (χ0n) is 10.0. The van der Waals surface area contributed by atoms with Crippen molar-refractivity contribution in [3.63, 3.8) is 0 Å². The maximum Gasteiger partial charge on any atom is 0.00870 e. The molecule has 2 atom stereocenters. The number of rotatable bonds is 0. The average molecular weight is 210 g/mol. The summed E-state index contributed by atoms with van der Waals surface area (Å²) in [5, 5.41) is 0. The fraction of sp³-hybridized carbons (Fsp3) is 0.375. The van der Waals surface area contributed by atoms with Crippen molar-refractivity contribution in [2.75, 3.05) is 0 Å². The standard InChI is InChI=1S/C16H18/c1-11-3-7-15-13(9-11)5-6-14-10-12(2)4-8-16(14)15/h3-4,7-10,13,15H,5-6H2,1-2H3. The summed E-state index contributed by atoms with van der Waals surface area (Å²) in [6.07, 6.45) is 9.68. The lowest BCUT2D eigenvalue weighted by Gasteiger charge is -2.32. The second-order valence-corrected chi connectivity index (χ2v) is 5.20. The van der Waals surface area contributed by atoms with Crippen LogP contribution in [0.1, 0.15) is 36.0 Å². The van der Waals surface area contributed by atoms with E-state index in [9.17, 15) is 0 Å². The zero-order valence-corrected chi connectivity index (χ0v) is 10.0. The monoisotopic (exact) mass is 210 g/mol. The summed E-state index contributed by atoms with van der Waals surface area (Å²) in [7, 11) is 0. The van der Waals surface area contributed by atoms with Gasteiger partial charge in [0.2, 0.25) is 0 Å². The highest BCUT2D eigenvalue weighted by atomic mass is 14.3. The van der Waals surface area contributed by atoms with Crippen LogP contribution in [0.3, 0.4) is 0 Å². The van der Waals surface area contributed by atoms with Gasteiger partial charge in [0.05, 0.1) is 0 Å². The van der Waals surface area contributed by atoms with Crippen LogP contribution < -0.4 is 0 Å². The van der Waals surface area contributed by atoms with Crippen molar-refractivity contribution in [2.24, 2.45) is 5.92 Å². The normalized spacial score (nSPS) is 27.0. The van der Waals surface area contributed by atoms with Gasteiger partial charge in [-0.2, -0.15) is 0 Å². The van der Waals surface area contributed by atoms with Crippen LogP contribution in [0.2, 0.25) is 0 Å². The molecule has 2 unspecified atom stereocenters. The largest absolute Gasteiger partial charge is 0.0776 e. The summed E-state index contributed by atoms with van der Waals surface area (Å²) >= 11 is 0. The number of benzene rings is 1. The maximum atomic E-state index is 2.45. The van der Waals surface area contributed by atoms with E-state index in [0.29, 0.717) is 5.92 Å². The van der Waals surface area contributed by atoms with E-state index in [4.69, 9.17) is 0 Å². The smallest absolute Gasteiger partial charge is 0.00870 e. The molecular formula is C16H18. The summed E-state index contributed by atoms with van der Waals surface area (Å²) in [5.74, 6) is 1.37. The Morgan fingerprint density at radius 3 is 2.94 bits per heavy atom. The van der Waals surface area contributed by atoms with E-state index in [-0.39, 0.29) is 0 Å². The summed E-state index contributed by atoms with van der Waals surface area (Å²) in [6.45, 7) is 4.39. The van der Waals surface area contributed by atoms with Crippen molar-refractivity contribution >= 4 is 0 Å². The SMILES string of the molecule is CC1=CC2CCc3cc(C)ccc3C2C=C1. The van der Waals surface area contributed by atoms with Crippen LogP contribution in [0.5, 0.6) is 0 Å². The first-order chi connectivity index (χ1) is 7.74. The molecule has 82 valence electrons. The minimum atomic E-state index is 0.632. The van der Waals surface area contributed by atoms with Crippen LogP contribution >= 0.6 is 0 Å². The molecule has 0 heterocycles. The van der Waals surface area contributed by atoms with Crippen molar-refractivity contribution in [3.8, 4) is 0 Å². The zero-order chi connectivity index (χ0) is 11.1. The molecule has 0 aromatic heterocycles. The molecule has 2 aliphatic carbocycles. The molecule has 0 saturated carbocycles. The third kappa shape index (κ3) is 1.53. The quantitative estimate of drug-likeness (QED) is 0.603. The Balaban J connectivity index is 2.05. The van der Waals surface area contributed by atoms with Gasteiger partial charge in [0.25, 0.3) is 0 Å². The molecule has 0 fully saturated rings. The molecule has 16 heavy (non-hydrogen) atoms. The molecule has 0 bridgehead atoms. The molecule has 2 aliphatic rings. The van der Waals surface area contributed by atoms with Gasteiger partial charge in [-0.05, 0) is 43.7 Å².